The first-order valence-electron chi connectivity index (χ1n) is 5.32. The van der Waals surface area contributed by atoms with Crippen LogP contribution in [0, 0.1) is 0 Å². The summed E-state index contributed by atoms with van der Waals surface area (Å²) in [6, 6.07) is 5.71. The van der Waals surface area contributed by atoms with E-state index < -0.39 is 5.91 Å². The minimum Gasteiger partial charge on any atom is -0.288 e. The summed E-state index contributed by atoms with van der Waals surface area (Å²) in [5.41, 5.74) is 3.36. The van der Waals surface area contributed by atoms with Crippen LogP contribution in [0.5, 0.6) is 0 Å². The van der Waals surface area contributed by atoms with E-state index in [0.29, 0.717) is 0 Å². The molecule has 0 fully saturated rings. The van der Waals surface area contributed by atoms with E-state index in [-0.39, 0.29) is 0 Å². The van der Waals surface area contributed by atoms with Gasteiger partial charge in [-0.05, 0) is 30.7 Å². The molecule has 0 bridgehead atoms. The molecule has 0 atom stereocenters. The second-order valence-corrected chi connectivity index (χ2v) is 3.61. The maximum atomic E-state index is 10.8. The van der Waals surface area contributed by atoms with Gasteiger partial charge in [0.25, 0.3) is 5.91 Å². The second kappa shape index (κ2) is 4.80. The summed E-state index contributed by atoms with van der Waals surface area (Å²) in [5.74, 6) is -0.547. The molecule has 0 saturated carbocycles. The zero-order valence-electron chi connectivity index (χ0n) is 9.42. The summed E-state index contributed by atoms with van der Waals surface area (Å²) >= 11 is 0. The third kappa shape index (κ3) is 2.51. The molecule has 0 saturated heterocycles. The molecule has 0 spiro atoms. The van der Waals surface area contributed by atoms with Crippen molar-refractivity contribution in [2.45, 2.75) is 13.5 Å². The molecule has 5 nitrogen and oxygen atoms in total. The van der Waals surface area contributed by atoms with Gasteiger partial charge in [-0.15, -0.1) is 0 Å². The van der Waals surface area contributed by atoms with Crippen LogP contribution in [0.4, 0.5) is 0 Å². The number of fused-ring (bicyclic) bond motifs is 1. The Morgan fingerprint density at radius 3 is 3.12 bits per heavy atom. The quantitative estimate of drug-likeness (QED) is 0.478. The summed E-state index contributed by atoms with van der Waals surface area (Å²) in [7, 11) is 0. The van der Waals surface area contributed by atoms with Gasteiger partial charge in [0.1, 0.15) is 0 Å². The number of benzene rings is 1. The van der Waals surface area contributed by atoms with Crippen molar-refractivity contribution < 1.29 is 10.0 Å². The van der Waals surface area contributed by atoms with Crippen molar-refractivity contribution >= 4 is 22.9 Å². The van der Waals surface area contributed by atoms with E-state index in [4.69, 9.17) is 5.21 Å². The van der Waals surface area contributed by atoms with Crippen LogP contribution in [0.1, 0.15) is 12.5 Å². The Kier molecular flexibility index (Phi) is 3.20. The molecule has 1 aromatic heterocycles. The molecule has 0 aliphatic carbocycles. The van der Waals surface area contributed by atoms with Crippen LogP contribution in [0.3, 0.4) is 0 Å². The van der Waals surface area contributed by atoms with Gasteiger partial charge in [0.2, 0.25) is 0 Å². The van der Waals surface area contributed by atoms with Crippen molar-refractivity contribution in [3.8, 4) is 0 Å². The van der Waals surface area contributed by atoms with E-state index in [2.05, 4.69) is 5.10 Å². The topological polar surface area (TPSA) is 67.2 Å². The van der Waals surface area contributed by atoms with Crippen molar-refractivity contribution in [2.24, 2.45) is 0 Å². The molecule has 2 N–H and O–H groups in total. The van der Waals surface area contributed by atoms with E-state index in [1.807, 2.05) is 36.0 Å². The Balaban J connectivity index is 2.31. The van der Waals surface area contributed by atoms with Crippen LogP contribution in [0.2, 0.25) is 0 Å². The number of aryl methyl sites for hydroxylation is 1. The highest BCUT2D eigenvalue weighted by atomic mass is 16.5. The van der Waals surface area contributed by atoms with Crippen LogP contribution in [0.15, 0.2) is 30.5 Å². The number of carbonyl (C=O) groups excluding carboxylic acids is 1. The van der Waals surface area contributed by atoms with Crippen molar-refractivity contribution in [3.63, 3.8) is 0 Å². The zero-order valence-corrected chi connectivity index (χ0v) is 9.42. The number of nitrogens with zero attached hydrogens (tertiary/aromatic N) is 2. The Morgan fingerprint density at radius 1 is 1.59 bits per heavy atom. The number of carbonyl (C=O) groups is 1. The number of hydrogen-bond acceptors (Lipinski definition) is 3. The third-order valence-electron chi connectivity index (χ3n) is 2.44. The van der Waals surface area contributed by atoms with Gasteiger partial charge in [0.05, 0.1) is 5.52 Å². The first-order valence-corrected chi connectivity index (χ1v) is 5.32. The molecule has 88 valence electrons. The summed E-state index contributed by atoms with van der Waals surface area (Å²) < 4.78 is 1.86. The average Bonchev–Trinajstić information content (AvgIpc) is 2.77. The van der Waals surface area contributed by atoms with Crippen molar-refractivity contribution in [2.75, 3.05) is 0 Å². The summed E-state index contributed by atoms with van der Waals surface area (Å²) in [6.45, 7) is 2.85. The number of hydroxylamine groups is 1. The predicted molar refractivity (Wildman–Crippen MR) is 64.4 cm³/mol. The Labute approximate surface area is 98.3 Å². The highest BCUT2D eigenvalue weighted by molar-refractivity contribution is 5.91. The molecular weight excluding hydrogens is 218 g/mol. The summed E-state index contributed by atoms with van der Waals surface area (Å²) in [4.78, 5) is 10.8. The second-order valence-electron chi connectivity index (χ2n) is 3.61. The minimum absolute atomic E-state index is 0.547. The third-order valence-corrected chi connectivity index (χ3v) is 2.44. The van der Waals surface area contributed by atoms with Crippen LogP contribution in [0.25, 0.3) is 17.0 Å². The maximum Gasteiger partial charge on any atom is 0.267 e. The smallest absolute Gasteiger partial charge is 0.267 e. The molecule has 0 radical (unpaired) electrons. The van der Waals surface area contributed by atoms with Crippen LogP contribution < -0.4 is 5.48 Å². The fourth-order valence-electron chi connectivity index (χ4n) is 1.57. The van der Waals surface area contributed by atoms with Gasteiger partial charge in [0.15, 0.2) is 0 Å². The number of amides is 1. The van der Waals surface area contributed by atoms with E-state index >= 15 is 0 Å². The first kappa shape index (κ1) is 11.3. The van der Waals surface area contributed by atoms with Crippen LogP contribution >= 0.6 is 0 Å². The molecule has 2 rings (SSSR count). The molecule has 2 aromatic rings. The first-order chi connectivity index (χ1) is 8.22. The monoisotopic (exact) mass is 231 g/mol. The molecule has 0 aliphatic rings. The van der Waals surface area contributed by atoms with Crippen molar-refractivity contribution in [1.82, 2.24) is 15.3 Å². The van der Waals surface area contributed by atoms with Gasteiger partial charge in [0, 0.05) is 24.2 Å². The van der Waals surface area contributed by atoms with Gasteiger partial charge in [-0.1, -0.05) is 6.07 Å². The fraction of sp³-hybridized carbons (Fsp3) is 0.167. The molecule has 0 unspecified atom stereocenters. The van der Waals surface area contributed by atoms with E-state index in [9.17, 15) is 4.79 Å². The van der Waals surface area contributed by atoms with Crippen molar-refractivity contribution in [3.05, 3.63) is 36.0 Å². The number of aromatic nitrogens is 2. The predicted octanol–water partition coefficient (Wildman–Crippen LogP) is 1.57. The summed E-state index contributed by atoms with van der Waals surface area (Å²) in [5, 5.41) is 13.7. The Morgan fingerprint density at radius 2 is 2.41 bits per heavy atom. The molecule has 1 heterocycles. The molecule has 17 heavy (non-hydrogen) atoms. The lowest BCUT2D eigenvalue weighted by Gasteiger charge is -1.93. The lowest BCUT2D eigenvalue weighted by molar-refractivity contribution is -0.124. The number of rotatable bonds is 3. The van der Waals surface area contributed by atoms with Crippen LogP contribution in [-0.4, -0.2) is 20.9 Å². The Bertz CT molecular complexity index is 572. The van der Waals surface area contributed by atoms with Gasteiger partial charge >= 0.3 is 0 Å². The molecule has 1 aromatic carbocycles. The highest BCUT2D eigenvalue weighted by Crippen LogP contribution is 2.15. The van der Waals surface area contributed by atoms with Gasteiger partial charge in [-0.3, -0.25) is 14.7 Å². The molecule has 5 heteroatoms. The lowest BCUT2D eigenvalue weighted by Crippen LogP contribution is -2.14. The normalized spacial score (nSPS) is 11.2. The SMILES string of the molecule is CCn1cc2cc(/C=C/C(=O)NO)ccc2n1. The molecule has 1 amide bonds. The van der Waals surface area contributed by atoms with E-state index in [1.54, 1.807) is 11.6 Å². The van der Waals surface area contributed by atoms with Crippen LogP contribution in [-0.2, 0) is 11.3 Å². The molecular formula is C12H13N3O2. The number of hydrogen-bond donors (Lipinski definition) is 2. The standard InChI is InChI=1S/C12H13N3O2/c1-2-15-8-10-7-9(3-5-11(10)13-15)4-6-12(16)14-17/h3-8,17H,2H2,1H3,(H,14,16)/b6-4+. The fourth-order valence-corrected chi connectivity index (χ4v) is 1.57. The van der Waals surface area contributed by atoms with Crippen molar-refractivity contribution in [1.29, 1.82) is 0 Å². The summed E-state index contributed by atoms with van der Waals surface area (Å²) in [6.07, 6.45) is 4.86. The van der Waals surface area contributed by atoms with E-state index in [1.165, 1.54) is 6.08 Å². The molecule has 0 aliphatic heterocycles. The lowest BCUT2D eigenvalue weighted by atomic mass is 10.1. The minimum atomic E-state index is -0.547. The zero-order chi connectivity index (χ0) is 12.3. The van der Waals surface area contributed by atoms with E-state index in [0.717, 1.165) is 23.0 Å². The largest absolute Gasteiger partial charge is 0.288 e. The average molecular weight is 231 g/mol. The van der Waals surface area contributed by atoms with Gasteiger partial charge in [-0.2, -0.15) is 5.10 Å². The number of nitrogens with one attached hydrogen (secondary N) is 1. The van der Waals surface area contributed by atoms with Gasteiger partial charge < -0.3 is 0 Å². The highest BCUT2D eigenvalue weighted by Gasteiger charge is 1.99. The van der Waals surface area contributed by atoms with Gasteiger partial charge in [-0.25, -0.2) is 5.48 Å². The Hall–Kier alpha value is -2.14. The maximum absolute atomic E-state index is 10.8.